The van der Waals surface area contributed by atoms with Crippen molar-refractivity contribution in [1.82, 2.24) is 4.57 Å². The zero-order chi connectivity index (χ0) is 10.9. The molecule has 0 radical (unpaired) electrons. The summed E-state index contributed by atoms with van der Waals surface area (Å²) in [6.07, 6.45) is 1.82. The predicted molar refractivity (Wildman–Crippen MR) is 55.5 cm³/mol. The number of carboxylic acids is 1. The molecule has 1 aliphatic rings. The molecule has 1 aliphatic heterocycles. The van der Waals surface area contributed by atoms with E-state index < -0.39 is 20.2 Å². The molecule has 0 aromatic heterocycles. The molecular formula is C9H17NO3Si. The summed E-state index contributed by atoms with van der Waals surface area (Å²) in [4.78, 5) is 22.6. The third kappa shape index (κ3) is 2.15. The minimum atomic E-state index is -1.84. The van der Waals surface area contributed by atoms with Crippen LogP contribution >= 0.6 is 0 Å². The average molecular weight is 215 g/mol. The monoisotopic (exact) mass is 215 g/mol. The van der Waals surface area contributed by atoms with E-state index in [0.29, 0.717) is 19.3 Å². The van der Waals surface area contributed by atoms with Gasteiger partial charge in [0.2, 0.25) is 5.91 Å². The maximum absolute atomic E-state index is 11.7. The Morgan fingerprint density at radius 3 is 2.43 bits per heavy atom. The molecule has 1 amide bonds. The third-order valence-electron chi connectivity index (χ3n) is 2.46. The number of hydrogen-bond acceptors (Lipinski definition) is 2. The number of aliphatic carboxylic acids is 1. The van der Waals surface area contributed by atoms with Crippen molar-refractivity contribution in [2.75, 3.05) is 0 Å². The Morgan fingerprint density at radius 1 is 1.50 bits per heavy atom. The highest BCUT2D eigenvalue weighted by Gasteiger charge is 2.40. The van der Waals surface area contributed by atoms with Crippen LogP contribution in [0.5, 0.6) is 0 Å². The Morgan fingerprint density at radius 2 is 2.07 bits per heavy atom. The maximum Gasteiger partial charge on any atom is 0.325 e. The molecule has 1 saturated heterocycles. The van der Waals surface area contributed by atoms with Crippen LogP contribution in [0.25, 0.3) is 0 Å². The van der Waals surface area contributed by atoms with E-state index in [-0.39, 0.29) is 5.91 Å². The number of piperidine rings is 1. The van der Waals surface area contributed by atoms with Gasteiger partial charge in [0.1, 0.15) is 6.04 Å². The van der Waals surface area contributed by atoms with Crippen LogP contribution in [0.2, 0.25) is 19.6 Å². The fourth-order valence-corrected chi connectivity index (χ4v) is 3.98. The summed E-state index contributed by atoms with van der Waals surface area (Å²) in [6.45, 7) is 6.02. The molecule has 0 unspecified atom stereocenters. The quantitative estimate of drug-likeness (QED) is 0.706. The van der Waals surface area contributed by atoms with Gasteiger partial charge in [0.25, 0.3) is 0 Å². The number of nitrogens with zero attached hydrogens (tertiary/aromatic N) is 1. The van der Waals surface area contributed by atoms with Crippen LogP contribution in [0, 0.1) is 0 Å². The van der Waals surface area contributed by atoms with Crippen LogP contribution in [0.4, 0.5) is 0 Å². The van der Waals surface area contributed by atoms with Gasteiger partial charge in [-0.05, 0) is 12.8 Å². The second kappa shape index (κ2) is 3.72. The predicted octanol–water partition coefficient (Wildman–Crippen LogP) is 1.29. The van der Waals surface area contributed by atoms with Crippen LogP contribution in [-0.4, -0.2) is 35.8 Å². The topological polar surface area (TPSA) is 57.6 Å². The summed E-state index contributed by atoms with van der Waals surface area (Å²) >= 11 is 0. The first-order valence-electron chi connectivity index (χ1n) is 4.89. The van der Waals surface area contributed by atoms with E-state index in [1.807, 2.05) is 19.6 Å². The fourth-order valence-electron chi connectivity index (χ4n) is 1.95. The number of carboxylic acid groups (broad SMARTS) is 1. The van der Waals surface area contributed by atoms with Crippen molar-refractivity contribution in [2.45, 2.75) is 44.9 Å². The minimum absolute atomic E-state index is 0.0165. The lowest BCUT2D eigenvalue weighted by atomic mass is 10.0. The van der Waals surface area contributed by atoms with Gasteiger partial charge in [0.05, 0.1) is 0 Å². The summed E-state index contributed by atoms with van der Waals surface area (Å²) in [5.74, 6) is -0.844. The van der Waals surface area contributed by atoms with Gasteiger partial charge in [-0.25, -0.2) is 0 Å². The Bertz CT molecular complexity index is 259. The molecule has 1 N–H and O–H groups in total. The van der Waals surface area contributed by atoms with Gasteiger partial charge in [0, 0.05) is 6.42 Å². The van der Waals surface area contributed by atoms with Crippen LogP contribution in [-0.2, 0) is 9.59 Å². The van der Waals surface area contributed by atoms with E-state index >= 15 is 0 Å². The Kier molecular flexibility index (Phi) is 2.99. The summed E-state index contributed by atoms with van der Waals surface area (Å²) in [5.41, 5.74) is 0. The molecule has 0 aliphatic carbocycles. The molecule has 0 saturated carbocycles. The van der Waals surface area contributed by atoms with Gasteiger partial charge in [0.15, 0.2) is 8.24 Å². The molecule has 1 atom stereocenters. The maximum atomic E-state index is 11.7. The van der Waals surface area contributed by atoms with Crippen molar-refractivity contribution in [3.8, 4) is 0 Å². The lowest BCUT2D eigenvalue weighted by Gasteiger charge is -2.41. The second-order valence-corrected chi connectivity index (χ2v) is 9.50. The Hall–Kier alpha value is -0.843. The molecule has 0 aromatic rings. The zero-order valence-electron chi connectivity index (χ0n) is 8.91. The largest absolute Gasteiger partial charge is 0.480 e. The van der Waals surface area contributed by atoms with E-state index in [2.05, 4.69) is 0 Å². The fraction of sp³-hybridized carbons (Fsp3) is 0.778. The van der Waals surface area contributed by atoms with Crippen molar-refractivity contribution in [3.63, 3.8) is 0 Å². The van der Waals surface area contributed by atoms with Gasteiger partial charge < -0.3 is 9.67 Å². The Labute approximate surface area is 85.0 Å². The number of hydrogen-bond donors (Lipinski definition) is 1. The van der Waals surface area contributed by atoms with Crippen molar-refractivity contribution < 1.29 is 14.7 Å². The molecular weight excluding hydrogens is 198 g/mol. The van der Waals surface area contributed by atoms with E-state index in [1.54, 1.807) is 4.57 Å². The standard InChI is InChI=1S/C9H17NO3Si/c1-14(2,3)10-7(9(12)13)5-4-6-8(10)11/h7H,4-6H2,1-3H3,(H,12,13)/t7-/m0/s1. The summed E-state index contributed by atoms with van der Waals surface area (Å²) in [6, 6.07) is -0.581. The van der Waals surface area contributed by atoms with Gasteiger partial charge in [-0.15, -0.1) is 0 Å². The molecule has 1 fully saturated rings. The summed E-state index contributed by atoms with van der Waals surface area (Å²) in [7, 11) is -1.84. The van der Waals surface area contributed by atoms with Gasteiger partial charge in [-0.2, -0.15) is 0 Å². The minimum Gasteiger partial charge on any atom is -0.480 e. The highest BCUT2D eigenvalue weighted by atomic mass is 28.3. The molecule has 4 nitrogen and oxygen atoms in total. The molecule has 1 heterocycles. The van der Waals surface area contributed by atoms with Gasteiger partial charge in [-0.3, -0.25) is 9.59 Å². The van der Waals surface area contributed by atoms with Crippen molar-refractivity contribution in [1.29, 1.82) is 0 Å². The Balaban J connectivity index is 2.93. The first-order chi connectivity index (χ1) is 6.34. The highest BCUT2D eigenvalue weighted by molar-refractivity contribution is 6.75. The van der Waals surface area contributed by atoms with E-state index in [0.717, 1.165) is 0 Å². The molecule has 0 spiro atoms. The number of carbonyl (C=O) groups is 2. The molecule has 0 bridgehead atoms. The lowest BCUT2D eigenvalue weighted by molar-refractivity contribution is -0.148. The molecule has 80 valence electrons. The molecule has 14 heavy (non-hydrogen) atoms. The summed E-state index contributed by atoms with van der Waals surface area (Å²) < 4.78 is 1.64. The van der Waals surface area contributed by atoms with Crippen LogP contribution in [0.1, 0.15) is 19.3 Å². The van der Waals surface area contributed by atoms with Gasteiger partial charge >= 0.3 is 5.97 Å². The first-order valence-corrected chi connectivity index (χ1v) is 8.33. The molecule has 0 aromatic carbocycles. The SMILES string of the molecule is C[Si](C)(C)N1C(=O)CCC[C@H]1C(=O)O. The normalized spacial score (nSPS) is 23.8. The number of rotatable bonds is 2. The van der Waals surface area contributed by atoms with E-state index in [1.165, 1.54) is 0 Å². The molecule has 1 rings (SSSR count). The summed E-state index contributed by atoms with van der Waals surface area (Å²) in [5, 5.41) is 9.02. The van der Waals surface area contributed by atoms with Crippen LogP contribution in [0.15, 0.2) is 0 Å². The first kappa shape index (κ1) is 11.2. The number of carbonyl (C=O) groups excluding carboxylic acids is 1. The van der Waals surface area contributed by atoms with E-state index in [9.17, 15) is 9.59 Å². The zero-order valence-corrected chi connectivity index (χ0v) is 9.91. The molecule has 5 heteroatoms. The average Bonchev–Trinajstić information content (AvgIpc) is 2.01. The highest BCUT2D eigenvalue weighted by Crippen LogP contribution is 2.24. The smallest absolute Gasteiger partial charge is 0.325 e. The van der Waals surface area contributed by atoms with E-state index in [4.69, 9.17) is 5.11 Å². The third-order valence-corrected chi connectivity index (χ3v) is 4.46. The van der Waals surface area contributed by atoms with Crippen LogP contribution < -0.4 is 0 Å². The second-order valence-electron chi connectivity index (χ2n) is 4.68. The van der Waals surface area contributed by atoms with Gasteiger partial charge in [-0.1, -0.05) is 19.6 Å². The lowest BCUT2D eigenvalue weighted by Crippen LogP contribution is -2.59. The van der Waals surface area contributed by atoms with Crippen molar-refractivity contribution in [2.24, 2.45) is 0 Å². The van der Waals surface area contributed by atoms with Crippen molar-refractivity contribution in [3.05, 3.63) is 0 Å². The van der Waals surface area contributed by atoms with Crippen LogP contribution in [0.3, 0.4) is 0 Å². The number of amides is 1. The van der Waals surface area contributed by atoms with Crippen molar-refractivity contribution >= 4 is 20.1 Å².